The summed E-state index contributed by atoms with van der Waals surface area (Å²) in [7, 11) is 0. The summed E-state index contributed by atoms with van der Waals surface area (Å²) in [6.45, 7) is 8.26. The van der Waals surface area contributed by atoms with E-state index in [1.165, 1.54) is 6.33 Å². The first-order valence-corrected chi connectivity index (χ1v) is 9.33. The SMILES string of the molecule is CCCCOc1ccccc1C1C(C(=O)OC(C)C)=C(C)Nc2ncnn21. The maximum absolute atomic E-state index is 12.9. The van der Waals surface area contributed by atoms with E-state index in [0.717, 1.165) is 24.2 Å². The molecule has 0 saturated carbocycles. The van der Waals surface area contributed by atoms with Crippen LogP contribution in [0.1, 0.15) is 52.1 Å². The van der Waals surface area contributed by atoms with Crippen molar-refractivity contribution < 1.29 is 14.3 Å². The van der Waals surface area contributed by atoms with Crippen LogP contribution in [0, 0.1) is 0 Å². The zero-order valence-corrected chi connectivity index (χ0v) is 16.2. The number of hydrogen-bond acceptors (Lipinski definition) is 6. The maximum Gasteiger partial charge on any atom is 0.338 e. The fraction of sp³-hybridized carbons (Fsp3) is 0.450. The quantitative estimate of drug-likeness (QED) is 0.591. The number of esters is 1. The predicted octanol–water partition coefficient (Wildman–Crippen LogP) is 3.70. The Morgan fingerprint density at radius 3 is 2.85 bits per heavy atom. The second kappa shape index (κ2) is 8.24. The highest BCUT2D eigenvalue weighted by Gasteiger charge is 2.36. The van der Waals surface area contributed by atoms with E-state index in [-0.39, 0.29) is 12.1 Å². The third-order valence-corrected chi connectivity index (χ3v) is 4.33. The van der Waals surface area contributed by atoms with Gasteiger partial charge >= 0.3 is 5.97 Å². The van der Waals surface area contributed by atoms with Gasteiger partial charge in [0.15, 0.2) is 0 Å². The van der Waals surface area contributed by atoms with Crippen molar-refractivity contribution in [3.8, 4) is 5.75 Å². The average molecular weight is 370 g/mol. The van der Waals surface area contributed by atoms with Crippen LogP contribution in [-0.4, -0.2) is 33.4 Å². The Labute approximate surface area is 159 Å². The molecule has 1 aromatic carbocycles. The summed E-state index contributed by atoms with van der Waals surface area (Å²) >= 11 is 0. The van der Waals surface area contributed by atoms with Gasteiger partial charge in [0.25, 0.3) is 0 Å². The number of anilines is 1. The summed E-state index contributed by atoms with van der Waals surface area (Å²) < 4.78 is 13.2. The molecule has 0 bridgehead atoms. The first-order valence-electron chi connectivity index (χ1n) is 9.33. The van der Waals surface area contributed by atoms with Crippen molar-refractivity contribution in [1.82, 2.24) is 14.8 Å². The first kappa shape index (κ1) is 18.9. The first-order chi connectivity index (χ1) is 13.0. The fourth-order valence-electron chi connectivity index (χ4n) is 3.08. The molecule has 1 N–H and O–H groups in total. The number of nitrogens with zero attached hydrogens (tertiary/aromatic N) is 3. The minimum absolute atomic E-state index is 0.216. The molecule has 0 fully saturated rings. The van der Waals surface area contributed by atoms with Crippen molar-refractivity contribution in [2.24, 2.45) is 0 Å². The van der Waals surface area contributed by atoms with E-state index < -0.39 is 6.04 Å². The molecule has 2 aromatic rings. The summed E-state index contributed by atoms with van der Waals surface area (Å²) in [6, 6.07) is 7.27. The molecule has 7 nitrogen and oxygen atoms in total. The van der Waals surface area contributed by atoms with Crippen LogP contribution < -0.4 is 10.1 Å². The van der Waals surface area contributed by atoms with Gasteiger partial charge in [-0.05, 0) is 33.3 Å². The summed E-state index contributed by atoms with van der Waals surface area (Å²) in [4.78, 5) is 17.1. The summed E-state index contributed by atoms with van der Waals surface area (Å²) in [5.74, 6) is 0.952. The Morgan fingerprint density at radius 2 is 2.11 bits per heavy atom. The van der Waals surface area contributed by atoms with Gasteiger partial charge in [-0.25, -0.2) is 9.48 Å². The lowest BCUT2D eigenvalue weighted by Crippen LogP contribution is -2.30. The Balaban J connectivity index is 2.07. The van der Waals surface area contributed by atoms with Gasteiger partial charge in [-0.3, -0.25) is 0 Å². The van der Waals surface area contributed by atoms with Crippen molar-refractivity contribution in [2.75, 3.05) is 11.9 Å². The van der Waals surface area contributed by atoms with Gasteiger partial charge in [0.05, 0.1) is 18.3 Å². The molecule has 144 valence electrons. The highest BCUT2D eigenvalue weighted by molar-refractivity contribution is 5.92. The van der Waals surface area contributed by atoms with Gasteiger partial charge in [0.2, 0.25) is 5.95 Å². The number of ether oxygens (including phenoxy) is 2. The molecule has 1 atom stereocenters. The second-order valence-corrected chi connectivity index (χ2v) is 6.79. The predicted molar refractivity (Wildman–Crippen MR) is 103 cm³/mol. The van der Waals surface area contributed by atoms with Gasteiger partial charge in [-0.2, -0.15) is 10.1 Å². The third-order valence-electron chi connectivity index (χ3n) is 4.33. The lowest BCUT2D eigenvalue weighted by Gasteiger charge is -2.29. The van der Waals surface area contributed by atoms with E-state index in [1.54, 1.807) is 4.68 Å². The number of allylic oxidation sites excluding steroid dienone is 1. The maximum atomic E-state index is 12.9. The minimum atomic E-state index is -0.465. The van der Waals surface area contributed by atoms with Crippen molar-refractivity contribution in [3.63, 3.8) is 0 Å². The molecule has 0 saturated heterocycles. The number of benzene rings is 1. The molecule has 1 unspecified atom stereocenters. The van der Waals surface area contributed by atoms with E-state index in [9.17, 15) is 4.79 Å². The lowest BCUT2D eigenvalue weighted by atomic mass is 9.95. The molecule has 1 aliphatic heterocycles. The molecule has 1 aliphatic rings. The number of rotatable bonds is 7. The van der Waals surface area contributed by atoms with Gasteiger partial charge in [0, 0.05) is 11.3 Å². The average Bonchev–Trinajstić information content (AvgIpc) is 3.08. The monoisotopic (exact) mass is 370 g/mol. The molecule has 0 radical (unpaired) electrons. The van der Waals surface area contributed by atoms with Crippen molar-refractivity contribution in [2.45, 2.75) is 52.7 Å². The van der Waals surface area contributed by atoms with Crippen LogP contribution in [0.15, 0.2) is 41.9 Å². The summed E-state index contributed by atoms with van der Waals surface area (Å²) in [5, 5.41) is 7.49. The van der Waals surface area contributed by atoms with Gasteiger partial charge in [-0.15, -0.1) is 0 Å². The number of fused-ring (bicyclic) bond motifs is 1. The standard InChI is InChI=1S/C20H26N4O3/c1-5-6-11-26-16-10-8-7-9-15(16)18-17(19(25)27-13(2)3)14(4)23-20-21-12-22-24(18)20/h7-10,12-13,18H,5-6,11H2,1-4H3,(H,21,22,23). The van der Waals surface area contributed by atoms with Crippen LogP contribution in [0.2, 0.25) is 0 Å². The molecule has 7 heteroatoms. The van der Waals surface area contributed by atoms with E-state index in [2.05, 4.69) is 22.3 Å². The van der Waals surface area contributed by atoms with Crippen LogP contribution in [0.3, 0.4) is 0 Å². The molecule has 27 heavy (non-hydrogen) atoms. The van der Waals surface area contributed by atoms with Gasteiger partial charge in [0.1, 0.15) is 18.1 Å². The van der Waals surface area contributed by atoms with E-state index in [1.807, 2.05) is 45.0 Å². The molecular weight excluding hydrogens is 344 g/mol. The van der Waals surface area contributed by atoms with Crippen LogP contribution >= 0.6 is 0 Å². The van der Waals surface area contributed by atoms with E-state index >= 15 is 0 Å². The van der Waals surface area contributed by atoms with E-state index in [4.69, 9.17) is 9.47 Å². The largest absolute Gasteiger partial charge is 0.493 e. The summed E-state index contributed by atoms with van der Waals surface area (Å²) in [6.07, 6.45) is 3.27. The van der Waals surface area contributed by atoms with Crippen LogP contribution in [-0.2, 0) is 9.53 Å². The second-order valence-electron chi connectivity index (χ2n) is 6.79. The highest BCUT2D eigenvalue weighted by Crippen LogP contribution is 2.39. The zero-order valence-electron chi connectivity index (χ0n) is 16.2. The third kappa shape index (κ3) is 3.97. The molecule has 0 spiro atoms. The van der Waals surface area contributed by atoms with Crippen LogP contribution in [0.25, 0.3) is 0 Å². The molecule has 1 aromatic heterocycles. The van der Waals surface area contributed by atoms with Gasteiger partial charge < -0.3 is 14.8 Å². The Kier molecular flexibility index (Phi) is 5.78. The normalized spacial score (nSPS) is 16.1. The Morgan fingerprint density at radius 1 is 1.33 bits per heavy atom. The Bertz CT molecular complexity index is 841. The van der Waals surface area contributed by atoms with Crippen LogP contribution in [0.4, 0.5) is 5.95 Å². The van der Waals surface area contributed by atoms with Crippen LogP contribution in [0.5, 0.6) is 5.75 Å². The van der Waals surface area contributed by atoms with Crippen molar-refractivity contribution in [1.29, 1.82) is 0 Å². The number of hydrogen-bond donors (Lipinski definition) is 1. The number of aromatic nitrogens is 3. The molecule has 0 amide bonds. The topological polar surface area (TPSA) is 78.3 Å². The summed E-state index contributed by atoms with van der Waals surface area (Å²) in [5.41, 5.74) is 2.07. The number of nitrogens with one attached hydrogen (secondary N) is 1. The van der Waals surface area contributed by atoms with Crippen molar-refractivity contribution in [3.05, 3.63) is 47.4 Å². The molecular formula is C20H26N4O3. The number of unbranched alkanes of at least 4 members (excludes halogenated alkanes) is 1. The minimum Gasteiger partial charge on any atom is -0.493 e. The Hall–Kier alpha value is -2.83. The van der Waals surface area contributed by atoms with Gasteiger partial charge in [-0.1, -0.05) is 31.5 Å². The number of carbonyl (C=O) groups is 1. The molecule has 2 heterocycles. The smallest absolute Gasteiger partial charge is 0.338 e. The number of para-hydroxylation sites is 1. The molecule has 3 rings (SSSR count). The van der Waals surface area contributed by atoms with Crippen molar-refractivity contribution >= 4 is 11.9 Å². The highest BCUT2D eigenvalue weighted by atomic mass is 16.5. The number of carbonyl (C=O) groups excluding carboxylic acids is 1. The lowest BCUT2D eigenvalue weighted by molar-refractivity contribution is -0.143. The molecule has 0 aliphatic carbocycles. The van der Waals surface area contributed by atoms with E-state index in [0.29, 0.717) is 23.8 Å². The fourth-order valence-corrected chi connectivity index (χ4v) is 3.08. The zero-order chi connectivity index (χ0) is 19.4.